The average molecular weight is 308 g/mol. The first-order valence-electron chi connectivity index (χ1n) is 7.82. The van der Waals surface area contributed by atoms with Gasteiger partial charge in [-0.1, -0.05) is 0 Å². The van der Waals surface area contributed by atoms with Crippen molar-refractivity contribution >= 4 is 5.95 Å². The smallest absolute Gasteiger partial charge is 0.225 e. The molecule has 2 fully saturated rings. The molecule has 3 heterocycles. The summed E-state index contributed by atoms with van der Waals surface area (Å²) in [7, 11) is 1.61. The van der Waals surface area contributed by atoms with Crippen molar-refractivity contribution in [2.45, 2.75) is 0 Å². The van der Waals surface area contributed by atoms with Crippen LogP contribution in [0.2, 0.25) is 0 Å². The third-order valence-electron chi connectivity index (χ3n) is 4.54. The van der Waals surface area contributed by atoms with Gasteiger partial charge in [0.15, 0.2) is 5.75 Å². The maximum absolute atomic E-state index is 9.68. The van der Waals surface area contributed by atoms with Crippen LogP contribution in [-0.4, -0.2) is 79.6 Å². The van der Waals surface area contributed by atoms with Gasteiger partial charge in [0.05, 0.1) is 32.7 Å². The molecule has 0 bridgehead atoms. The molecule has 2 atom stereocenters. The number of morpholine rings is 1. The van der Waals surface area contributed by atoms with Crippen LogP contribution >= 0.6 is 0 Å². The number of anilines is 1. The second-order valence-corrected chi connectivity index (χ2v) is 5.94. The Hall–Kier alpha value is -1.44. The van der Waals surface area contributed by atoms with Crippen molar-refractivity contribution in [1.29, 1.82) is 0 Å². The van der Waals surface area contributed by atoms with Crippen LogP contribution in [0.5, 0.6) is 5.75 Å². The standard InChI is InChI=1S/C15H24N4O3/c1-21-14-6-16-15(17-7-14)19-9-12(13(10-19)11-20)8-18-2-4-22-5-3-18/h6-7,12-13,20H,2-5,8-11H2,1H3/t12-,13-/m1/s1. The van der Waals surface area contributed by atoms with Crippen LogP contribution in [0.1, 0.15) is 0 Å². The molecule has 22 heavy (non-hydrogen) atoms. The van der Waals surface area contributed by atoms with Gasteiger partial charge in [-0.25, -0.2) is 9.97 Å². The van der Waals surface area contributed by atoms with Gasteiger partial charge in [-0.15, -0.1) is 0 Å². The molecule has 122 valence electrons. The Bertz CT molecular complexity index is 464. The zero-order valence-electron chi connectivity index (χ0n) is 13.0. The number of nitrogens with zero attached hydrogens (tertiary/aromatic N) is 4. The molecule has 3 rings (SSSR count). The predicted molar refractivity (Wildman–Crippen MR) is 82.1 cm³/mol. The van der Waals surface area contributed by atoms with Crippen LogP contribution in [0.25, 0.3) is 0 Å². The lowest BCUT2D eigenvalue weighted by atomic mass is 9.96. The molecular weight excluding hydrogens is 284 g/mol. The largest absolute Gasteiger partial charge is 0.494 e. The number of rotatable bonds is 5. The van der Waals surface area contributed by atoms with Gasteiger partial charge in [0.25, 0.3) is 0 Å². The summed E-state index contributed by atoms with van der Waals surface area (Å²) < 4.78 is 10.5. The van der Waals surface area contributed by atoms with Crippen LogP contribution in [-0.2, 0) is 4.74 Å². The number of hydrogen-bond donors (Lipinski definition) is 1. The SMILES string of the molecule is COc1cnc(N2C[C@@H](CN3CCOCC3)[C@@H](CO)C2)nc1. The summed E-state index contributed by atoms with van der Waals surface area (Å²) in [5, 5.41) is 9.68. The molecule has 0 amide bonds. The highest BCUT2D eigenvalue weighted by Gasteiger charge is 2.34. The minimum atomic E-state index is 0.210. The van der Waals surface area contributed by atoms with Gasteiger partial charge < -0.3 is 19.5 Å². The quantitative estimate of drug-likeness (QED) is 0.812. The number of aliphatic hydroxyl groups is 1. The summed E-state index contributed by atoms with van der Waals surface area (Å²) in [5.74, 6) is 2.08. The Labute approximate surface area is 130 Å². The van der Waals surface area contributed by atoms with Gasteiger partial charge in [-0.05, 0) is 5.92 Å². The van der Waals surface area contributed by atoms with Gasteiger partial charge in [0.1, 0.15) is 0 Å². The van der Waals surface area contributed by atoms with E-state index < -0.39 is 0 Å². The molecule has 0 aliphatic carbocycles. The van der Waals surface area contributed by atoms with E-state index in [9.17, 15) is 5.11 Å². The number of ether oxygens (including phenoxy) is 2. The van der Waals surface area contributed by atoms with E-state index in [4.69, 9.17) is 9.47 Å². The molecule has 0 saturated carbocycles. The maximum atomic E-state index is 9.68. The van der Waals surface area contributed by atoms with Crippen molar-refractivity contribution in [2.24, 2.45) is 11.8 Å². The van der Waals surface area contributed by atoms with E-state index in [-0.39, 0.29) is 12.5 Å². The predicted octanol–water partition coefficient (Wildman–Crippen LogP) is -0.138. The summed E-state index contributed by atoms with van der Waals surface area (Å²) >= 11 is 0. The first-order chi connectivity index (χ1) is 10.8. The number of hydrogen-bond acceptors (Lipinski definition) is 7. The van der Waals surface area contributed by atoms with E-state index in [0.29, 0.717) is 17.6 Å². The highest BCUT2D eigenvalue weighted by atomic mass is 16.5. The van der Waals surface area contributed by atoms with Crippen LogP contribution in [0.15, 0.2) is 12.4 Å². The minimum Gasteiger partial charge on any atom is -0.494 e. The number of aromatic nitrogens is 2. The Morgan fingerprint density at radius 1 is 1.23 bits per heavy atom. The van der Waals surface area contributed by atoms with Gasteiger partial charge in [-0.3, -0.25) is 4.90 Å². The lowest BCUT2D eigenvalue weighted by Gasteiger charge is -2.30. The molecule has 0 unspecified atom stereocenters. The molecule has 1 N–H and O–H groups in total. The fraction of sp³-hybridized carbons (Fsp3) is 0.733. The fourth-order valence-electron chi connectivity index (χ4n) is 3.21. The highest BCUT2D eigenvalue weighted by Crippen LogP contribution is 2.27. The second kappa shape index (κ2) is 7.21. The topological polar surface area (TPSA) is 71.0 Å². The van der Waals surface area contributed by atoms with Crippen LogP contribution in [0.4, 0.5) is 5.95 Å². The molecule has 7 nitrogen and oxygen atoms in total. The van der Waals surface area contributed by atoms with Crippen LogP contribution in [0, 0.1) is 11.8 Å². The first-order valence-corrected chi connectivity index (χ1v) is 7.82. The van der Waals surface area contributed by atoms with Gasteiger partial charge in [0.2, 0.25) is 5.95 Å². The summed E-state index contributed by atoms with van der Waals surface area (Å²) in [5.41, 5.74) is 0. The van der Waals surface area contributed by atoms with Crippen LogP contribution in [0.3, 0.4) is 0 Å². The average Bonchev–Trinajstić information content (AvgIpc) is 2.99. The maximum Gasteiger partial charge on any atom is 0.225 e. The molecule has 1 aromatic rings. The lowest BCUT2D eigenvalue weighted by molar-refractivity contribution is 0.0268. The first kappa shape index (κ1) is 15.5. The Kier molecular flexibility index (Phi) is 5.07. The third-order valence-corrected chi connectivity index (χ3v) is 4.54. The Morgan fingerprint density at radius 2 is 1.91 bits per heavy atom. The van der Waals surface area contributed by atoms with Crippen molar-refractivity contribution in [3.8, 4) is 5.75 Å². The van der Waals surface area contributed by atoms with Gasteiger partial charge in [-0.2, -0.15) is 0 Å². The van der Waals surface area contributed by atoms with Gasteiger partial charge >= 0.3 is 0 Å². The molecule has 1 aromatic heterocycles. The van der Waals surface area contributed by atoms with Crippen molar-refractivity contribution in [3.05, 3.63) is 12.4 Å². The molecule has 0 spiro atoms. The van der Waals surface area contributed by atoms with Crippen molar-refractivity contribution < 1.29 is 14.6 Å². The highest BCUT2D eigenvalue weighted by molar-refractivity contribution is 5.33. The fourth-order valence-corrected chi connectivity index (χ4v) is 3.21. The summed E-state index contributed by atoms with van der Waals surface area (Å²) in [4.78, 5) is 13.3. The molecular formula is C15H24N4O3. The molecule has 2 aliphatic rings. The van der Waals surface area contributed by atoms with Crippen molar-refractivity contribution in [1.82, 2.24) is 14.9 Å². The van der Waals surface area contributed by atoms with E-state index >= 15 is 0 Å². The van der Waals surface area contributed by atoms with Gasteiger partial charge in [0, 0.05) is 45.2 Å². The third kappa shape index (κ3) is 3.48. The lowest BCUT2D eigenvalue weighted by Crippen LogP contribution is -2.41. The van der Waals surface area contributed by atoms with E-state index in [0.717, 1.165) is 45.9 Å². The molecule has 2 saturated heterocycles. The summed E-state index contributed by atoms with van der Waals surface area (Å²) in [6.45, 7) is 6.47. The summed E-state index contributed by atoms with van der Waals surface area (Å²) in [6.07, 6.45) is 3.37. The van der Waals surface area contributed by atoms with E-state index in [2.05, 4.69) is 19.8 Å². The Balaban J connectivity index is 1.62. The molecule has 0 aromatic carbocycles. The van der Waals surface area contributed by atoms with Crippen molar-refractivity contribution in [3.63, 3.8) is 0 Å². The number of methoxy groups -OCH3 is 1. The van der Waals surface area contributed by atoms with E-state index in [1.165, 1.54) is 0 Å². The van der Waals surface area contributed by atoms with E-state index in [1.807, 2.05) is 0 Å². The monoisotopic (exact) mass is 308 g/mol. The zero-order valence-corrected chi connectivity index (χ0v) is 13.0. The second-order valence-electron chi connectivity index (χ2n) is 5.94. The molecule has 7 heteroatoms. The molecule has 0 radical (unpaired) electrons. The van der Waals surface area contributed by atoms with Crippen LogP contribution < -0.4 is 9.64 Å². The molecule has 2 aliphatic heterocycles. The minimum absolute atomic E-state index is 0.210. The summed E-state index contributed by atoms with van der Waals surface area (Å²) in [6, 6.07) is 0. The number of aliphatic hydroxyl groups excluding tert-OH is 1. The van der Waals surface area contributed by atoms with Crippen molar-refractivity contribution in [2.75, 3.05) is 64.6 Å². The zero-order chi connectivity index (χ0) is 15.4. The normalized spacial score (nSPS) is 26.4. The Morgan fingerprint density at radius 3 is 2.55 bits per heavy atom. The van der Waals surface area contributed by atoms with E-state index in [1.54, 1.807) is 19.5 Å².